The number of hydrogen-bond donors (Lipinski definition) is 2. The smallest absolute Gasteiger partial charge is 0.335 e. The molecular weight excluding hydrogens is 480 g/mol. The van der Waals surface area contributed by atoms with Crippen LogP contribution in [0.4, 0.5) is 5.13 Å². The molecule has 34 heavy (non-hydrogen) atoms. The van der Waals surface area contributed by atoms with E-state index in [1.54, 1.807) is 18.2 Å². The predicted octanol–water partition coefficient (Wildman–Crippen LogP) is 3.42. The van der Waals surface area contributed by atoms with Crippen LogP contribution in [0.2, 0.25) is 0 Å². The second kappa shape index (κ2) is 9.06. The summed E-state index contributed by atoms with van der Waals surface area (Å²) in [5, 5.41) is 11.9. The van der Waals surface area contributed by atoms with E-state index in [0.29, 0.717) is 53.4 Å². The molecule has 2 heterocycles. The zero-order valence-electron chi connectivity index (χ0n) is 18.0. The molecule has 1 aliphatic carbocycles. The number of anilines is 1. The Hall–Kier alpha value is -2.86. The van der Waals surface area contributed by atoms with Crippen LogP contribution in [0.5, 0.6) is 0 Å². The number of hydrogen-bond acceptors (Lipinski definition) is 8. The average Bonchev–Trinajstić information content (AvgIpc) is 3.42. The number of carboxylic acids is 1. The lowest BCUT2D eigenvalue weighted by molar-refractivity contribution is -0.131. The first-order valence-corrected chi connectivity index (χ1v) is 13.2. The number of fused-ring (bicyclic) bond motifs is 1. The number of nitrogens with one attached hydrogen (secondary N) is 1. The lowest BCUT2D eigenvalue weighted by Crippen LogP contribution is -2.28. The molecule has 2 N–H and O–H groups in total. The van der Waals surface area contributed by atoms with Gasteiger partial charge in [0, 0.05) is 6.61 Å². The summed E-state index contributed by atoms with van der Waals surface area (Å²) in [6, 6.07) is 10.8. The number of sulfone groups is 1. The van der Waals surface area contributed by atoms with E-state index >= 15 is 0 Å². The van der Waals surface area contributed by atoms with Crippen LogP contribution in [0.15, 0.2) is 47.4 Å². The summed E-state index contributed by atoms with van der Waals surface area (Å²) in [6.07, 6.45) is 0.744. The molecule has 3 aromatic rings. The summed E-state index contributed by atoms with van der Waals surface area (Å²) in [5.74, 6) is -1.50. The van der Waals surface area contributed by atoms with Gasteiger partial charge in [0.1, 0.15) is 0 Å². The maximum Gasteiger partial charge on any atom is 0.335 e. The maximum atomic E-state index is 13.2. The van der Waals surface area contributed by atoms with E-state index in [1.165, 1.54) is 24.3 Å². The number of benzene rings is 2. The molecule has 1 saturated carbocycles. The average molecular weight is 503 g/mol. The maximum absolute atomic E-state index is 13.2. The van der Waals surface area contributed by atoms with Gasteiger partial charge in [0.15, 0.2) is 21.1 Å². The van der Waals surface area contributed by atoms with Crippen molar-refractivity contribution in [2.45, 2.75) is 41.6 Å². The van der Waals surface area contributed by atoms with Crippen LogP contribution in [-0.4, -0.2) is 55.0 Å². The van der Waals surface area contributed by atoms with E-state index in [0.717, 1.165) is 11.3 Å². The fourth-order valence-electron chi connectivity index (χ4n) is 3.79. The number of thiazole rings is 1. The van der Waals surface area contributed by atoms with Crippen LogP contribution in [-0.2, 0) is 24.1 Å². The van der Waals surface area contributed by atoms with Gasteiger partial charge in [-0.05, 0) is 55.2 Å². The summed E-state index contributed by atoms with van der Waals surface area (Å²) >= 11 is 1.16. The van der Waals surface area contributed by atoms with E-state index < -0.39 is 27.8 Å². The third-order valence-electron chi connectivity index (χ3n) is 5.79. The van der Waals surface area contributed by atoms with E-state index in [-0.39, 0.29) is 21.8 Å². The molecular formula is C23H22N2O7S2. The Morgan fingerprint density at radius 1 is 1.15 bits per heavy atom. The van der Waals surface area contributed by atoms with Crippen molar-refractivity contribution in [1.82, 2.24) is 4.98 Å². The molecule has 1 aromatic heterocycles. The number of aromatic carboxylic acids is 1. The van der Waals surface area contributed by atoms with Crippen molar-refractivity contribution in [1.29, 1.82) is 0 Å². The zero-order chi connectivity index (χ0) is 23.9. The van der Waals surface area contributed by atoms with E-state index in [2.05, 4.69) is 10.3 Å². The van der Waals surface area contributed by atoms with Crippen molar-refractivity contribution < 1.29 is 32.6 Å². The van der Waals surface area contributed by atoms with E-state index in [9.17, 15) is 23.1 Å². The van der Waals surface area contributed by atoms with Gasteiger partial charge in [0.05, 0.1) is 38.6 Å². The Labute approximate surface area is 199 Å². The first-order chi connectivity index (χ1) is 16.3. The predicted molar refractivity (Wildman–Crippen MR) is 125 cm³/mol. The Bertz CT molecular complexity index is 1340. The minimum absolute atomic E-state index is 0.137. The summed E-state index contributed by atoms with van der Waals surface area (Å²) in [5.41, 5.74) is 1.23. The van der Waals surface area contributed by atoms with Crippen molar-refractivity contribution in [3.8, 4) is 0 Å². The topological polar surface area (TPSA) is 132 Å². The van der Waals surface area contributed by atoms with Crippen LogP contribution in [0, 0.1) is 0 Å². The standard InChI is InChI=1S/C23H22N2O7S2/c26-21(25-23-24-18-8-3-14(22(27)28)11-19(18)33-23)20(32-15-9-10-31-12-15)13-1-4-16(5-2-13)34(29,30)17-6-7-17/h1-5,8,11,15,17,20H,6-7,9-10,12H2,(H,27,28)(H,24,25,26)/t15-,20-/m1/s1. The summed E-state index contributed by atoms with van der Waals surface area (Å²) in [6.45, 7) is 0.915. The van der Waals surface area contributed by atoms with Crippen molar-refractivity contribution in [3.63, 3.8) is 0 Å². The largest absolute Gasteiger partial charge is 0.478 e. The molecule has 2 aliphatic rings. The highest BCUT2D eigenvalue weighted by molar-refractivity contribution is 7.92. The van der Waals surface area contributed by atoms with Crippen molar-refractivity contribution >= 4 is 48.4 Å². The first-order valence-electron chi connectivity index (χ1n) is 10.8. The number of rotatable bonds is 8. The van der Waals surface area contributed by atoms with Gasteiger partial charge < -0.3 is 14.6 Å². The SMILES string of the molecule is O=C(O)c1ccc2nc(NC(=O)[C@H](O[C@@H]3CCOC3)c3ccc(S(=O)(=O)C4CC4)cc3)sc2c1. The van der Waals surface area contributed by atoms with Crippen molar-refractivity contribution in [2.24, 2.45) is 0 Å². The third-order valence-corrected chi connectivity index (χ3v) is 9.01. The van der Waals surface area contributed by atoms with Crippen LogP contribution in [0.25, 0.3) is 10.2 Å². The normalized spacial score (nSPS) is 19.2. The minimum atomic E-state index is -3.34. The number of ether oxygens (including phenoxy) is 2. The molecule has 2 aromatic carbocycles. The van der Waals surface area contributed by atoms with Gasteiger partial charge in [0.2, 0.25) is 0 Å². The number of carbonyl (C=O) groups excluding carboxylic acids is 1. The van der Waals surface area contributed by atoms with Crippen molar-refractivity contribution in [2.75, 3.05) is 18.5 Å². The molecule has 1 saturated heterocycles. The molecule has 1 aliphatic heterocycles. The van der Waals surface area contributed by atoms with Gasteiger partial charge in [-0.2, -0.15) is 0 Å². The first kappa shape index (κ1) is 22.9. The molecule has 2 fully saturated rings. The molecule has 5 rings (SSSR count). The quantitative estimate of drug-likeness (QED) is 0.479. The van der Waals surface area contributed by atoms with Crippen molar-refractivity contribution in [3.05, 3.63) is 53.6 Å². The van der Waals surface area contributed by atoms with E-state index in [4.69, 9.17) is 9.47 Å². The fraction of sp³-hybridized carbons (Fsp3) is 0.348. The molecule has 178 valence electrons. The summed E-state index contributed by atoms with van der Waals surface area (Å²) in [4.78, 5) is 29.1. The van der Waals surface area contributed by atoms with Crippen LogP contribution in [0.1, 0.15) is 41.3 Å². The molecule has 0 radical (unpaired) electrons. The molecule has 9 nitrogen and oxygen atoms in total. The van der Waals surface area contributed by atoms with Crippen LogP contribution in [0.3, 0.4) is 0 Å². The van der Waals surface area contributed by atoms with Gasteiger partial charge in [0.25, 0.3) is 5.91 Å². The second-order valence-corrected chi connectivity index (χ2v) is 11.6. The highest BCUT2D eigenvalue weighted by Gasteiger charge is 2.37. The molecule has 1 amide bonds. The molecule has 0 spiro atoms. The fourth-order valence-corrected chi connectivity index (χ4v) is 6.35. The lowest BCUT2D eigenvalue weighted by atomic mass is 10.1. The number of nitrogens with zero attached hydrogens (tertiary/aromatic N) is 1. The number of carbonyl (C=O) groups is 2. The van der Waals surface area contributed by atoms with Gasteiger partial charge in [-0.3, -0.25) is 10.1 Å². The third kappa shape index (κ3) is 4.69. The highest BCUT2D eigenvalue weighted by atomic mass is 32.2. The monoisotopic (exact) mass is 502 g/mol. The molecule has 11 heteroatoms. The molecule has 0 bridgehead atoms. The molecule has 0 unspecified atom stereocenters. The Morgan fingerprint density at radius 2 is 1.91 bits per heavy atom. The Balaban J connectivity index is 1.39. The number of aromatic nitrogens is 1. The number of carboxylic acid groups (broad SMARTS) is 1. The molecule has 2 atom stereocenters. The van der Waals surface area contributed by atoms with E-state index in [1.807, 2.05) is 0 Å². The highest BCUT2D eigenvalue weighted by Crippen LogP contribution is 2.34. The minimum Gasteiger partial charge on any atom is -0.478 e. The lowest BCUT2D eigenvalue weighted by Gasteiger charge is -2.21. The summed E-state index contributed by atoms with van der Waals surface area (Å²) < 4.78 is 37.1. The van der Waals surface area contributed by atoms with Gasteiger partial charge in [-0.15, -0.1) is 0 Å². The van der Waals surface area contributed by atoms with Crippen LogP contribution < -0.4 is 5.32 Å². The van der Waals surface area contributed by atoms with Gasteiger partial charge in [-0.25, -0.2) is 18.2 Å². The summed E-state index contributed by atoms with van der Waals surface area (Å²) in [7, 11) is -3.34. The second-order valence-electron chi connectivity index (χ2n) is 8.31. The zero-order valence-corrected chi connectivity index (χ0v) is 19.6. The van der Waals surface area contributed by atoms with Gasteiger partial charge in [-0.1, -0.05) is 23.5 Å². The Kier molecular flexibility index (Phi) is 6.11. The van der Waals surface area contributed by atoms with Gasteiger partial charge >= 0.3 is 5.97 Å². The Morgan fingerprint density at radius 3 is 2.56 bits per heavy atom. The van der Waals surface area contributed by atoms with Crippen LogP contribution >= 0.6 is 11.3 Å². The number of amides is 1.